The molecule has 3 heteroatoms. The van der Waals surface area contributed by atoms with Crippen LogP contribution in [0.5, 0.6) is 0 Å². The van der Waals surface area contributed by atoms with Crippen molar-refractivity contribution in [1.82, 2.24) is 4.57 Å². The van der Waals surface area contributed by atoms with E-state index in [4.69, 9.17) is 0 Å². The van der Waals surface area contributed by atoms with Crippen LogP contribution >= 0.6 is 0 Å². The minimum absolute atomic E-state index is 0.598. The Bertz CT molecular complexity index is 635. The summed E-state index contributed by atoms with van der Waals surface area (Å²) < 4.78 is 2.31. The molecule has 2 aromatic rings. The lowest BCUT2D eigenvalue weighted by Gasteiger charge is -2.28. The molecule has 0 bridgehead atoms. The molecule has 1 aromatic carbocycles. The summed E-state index contributed by atoms with van der Waals surface area (Å²) in [6, 6.07) is 8.66. The van der Waals surface area contributed by atoms with Gasteiger partial charge in [-0.15, -0.1) is 0 Å². The Hall–Kier alpha value is -1.77. The standard InChI is InChI=1S/C16H19NO2/c1-16(2,15(18)19)13-7-4-8-14-12(13)9-10-17(14)11-5-3-6-11/h4,7-11H,3,5-6H2,1-2H3,(H,18,19). The molecule has 1 fully saturated rings. The third-order valence-electron chi connectivity index (χ3n) is 4.44. The van der Waals surface area contributed by atoms with Gasteiger partial charge in [0.15, 0.2) is 0 Å². The lowest BCUT2D eigenvalue weighted by atomic mass is 9.83. The molecule has 0 spiro atoms. The Balaban J connectivity index is 2.17. The Morgan fingerprint density at radius 1 is 1.32 bits per heavy atom. The molecule has 0 unspecified atom stereocenters. The second kappa shape index (κ2) is 4.12. The minimum atomic E-state index is -0.856. The summed E-state index contributed by atoms with van der Waals surface area (Å²) in [5.41, 5.74) is 1.21. The summed E-state index contributed by atoms with van der Waals surface area (Å²) in [4.78, 5) is 11.5. The van der Waals surface area contributed by atoms with Gasteiger partial charge in [-0.05, 0) is 50.8 Å². The molecule has 1 aliphatic rings. The average molecular weight is 257 g/mol. The fourth-order valence-electron chi connectivity index (χ4n) is 2.83. The second-order valence-corrected chi connectivity index (χ2v) is 5.98. The minimum Gasteiger partial charge on any atom is -0.481 e. The van der Waals surface area contributed by atoms with Gasteiger partial charge < -0.3 is 9.67 Å². The first-order chi connectivity index (χ1) is 9.01. The van der Waals surface area contributed by atoms with E-state index >= 15 is 0 Å². The van der Waals surface area contributed by atoms with E-state index in [0.29, 0.717) is 6.04 Å². The number of hydrogen-bond donors (Lipinski definition) is 1. The largest absolute Gasteiger partial charge is 0.481 e. The van der Waals surface area contributed by atoms with Crippen molar-refractivity contribution in [3.8, 4) is 0 Å². The Kier molecular flexibility index (Phi) is 2.66. The summed E-state index contributed by atoms with van der Waals surface area (Å²) in [5, 5.41) is 10.5. The molecule has 1 heterocycles. The van der Waals surface area contributed by atoms with Crippen molar-refractivity contribution in [1.29, 1.82) is 0 Å². The van der Waals surface area contributed by atoms with E-state index in [1.54, 1.807) is 13.8 Å². The fraction of sp³-hybridized carbons (Fsp3) is 0.438. The van der Waals surface area contributed by atoms with Crippen LogP contribution in [0, 0.1) is 0 Å². The number of rotatable bonds is 3. The summed E-state index contributed by atoms with van der Waals surface area (Å²) in [6.45, 7) is 3.54. The van der Waals surface area contributed by atoms with Crippen LogP contribution in [-0.2, 0) is 10.2 Å². The number of benzene rings is 1. The van der Waals surface area contributed by atoms with E-state index in [9.17, 15) is 9.90 Å². The molecule has 1 N–H and O–H groups in total. The Morgan fingerprint density at radius 3 is 2.63 bits per heavy atom. The molecule has 1 saturated carbocycles. The number of carboxylic acids is 1. The van der Waals surface area contributed by atoms with Crippen LogP contribution in [0.2, 0.25) is 0 Å². The summed E-state index contributed by atoms with van der Waals surface area (Å²) in [5.74, 6) is -0.781. The Morgan fingerprint density at radius 2 is 2.05 bits per heavy atom. The van der Waals surface area contributed by atoms with Gasteiger partial charge in [-0.1, -0.05) is 12.1 Å². The van der Waals surface area contributed by atoms with E-state index in [1.807, 2.05) is 12.1 Å². The monoisotopic (exact) mass is 257 g/mol. The van der Waals surface area contributed by atoms with Crippen LogP contribution in [0.3, 0.4) is 0 Å². The normalized spacial score (nSPS) is 16.5. The third-order valence-corrected chi connectivity index (χ3v) is 4.44. The van der Waals surface area contributed by atoms with E-state index in [0.717, 1.165) is 16.5 Å². The smallest absolute Gasteiger partial charge is 0.313 e. The number of carboxylic acid groups (broad SMARTS) is 1. The molecular formula is C16H19NO2. The molecule has 0 amide bonds. The highest BCUT2D eigenvalue weighted by Crippen LogP contribution is 2.37. The molecule has 3 rings (SSSR count). The van der Waals surface area contributed by atoms with Gasteiger partial charge in [0.2, 0.25) is 0 Å². The van der Waals surface area contributed by atoms with E-state index in [2.05, 4.69) is 22.9 Å². The SMILES string of the molecule is CC(C)(C(=O)O)c1cccc2c1ccn2C1CCC1. The topological polar surface area (TPSA) is 42.2 Å². The van der Waals surface area contributed by atoms with Gasteiger partial charge in [0.25, 0.3) is 0 Å². The zero-order chi connectivity index (χ0) is 13.6. The van der Waals surface area contributed by atoms with Crippen LogP contribution in [-0.4, -0.2) is 15.6 Å². The summed E-state index contributed by atoms with van der Waals surface area (Å²) in [6.07, 6.45) is 5.87. The maximum absolute atomic E-state index is 11.5. The number of nitrogens with zero attached hydrogens (tertiary/aromatic N) is 1. The lowest BCUT2D eigenvalue weighted by molar-refractivity contribution is -0.142. The van der Waals surface area contributed by atoms with E-state index in [-0.39, 0.29) is 0 Å². The number of aliphatic carboxylic acids is 1. The molecule has 1 aromatic heterocycles. The fourth-order valence-corrected chi connectivity index (χ4v) is 2.83. The highest BCUT2D eigenvalue weighted by atomic mass is 16.4. The highest BCUT2D eigenvalue weighted by molar-refractivity contribution is 5.91. The summed E-state index contributed by atoms with van der Waals surface area (Å²) in [7, 11) is 0. The van der Waals surface area contributed by atoms with Crippen molar-refractivity contribution in [2.45, 2.75) is 44.6 Å². The van der Waals surface area contributed by atoms with Crippen molar-refractivity contribution >= 4 is 16.9 Å². The van der Waals surface area contributed by atoms with Crippen molar-refractivity contribution in [3.05, 3.63) is 36.0 Å². The number of fused-ring (bicyclic) bond motifs is 1. The van der Waals surface area contributed by atoms with Crippen molar-refractivity contribution in [3.63, 3.8) is 0 Å². The molecule has 3 nitrogen and oxygen atoms in total. The van der Waals surface area contributed by atoms with Crippen LogP contribution in [0.1, 0.15) is 44.7 Å². The van der Waals surface area contributed by atoms with E-state index in [1.165, 1.54) is 19.3 Å². The van der Waals surface area contributed by atoms with Gasteiger partial charge in [-0.2, -0.15) is 0 Å². The van der Waals surface area contributed by atoms with Crippen LogP contribution in [0.4, 0.5) is 0 Å². The molecule has 0 aliphatic heterocycles. The van der Waals surface area contributed by atoms with Gasteiger partial charge in [-0.25, -0.2) is 0 Å². The third kappa shape index (κ3) is 1.76. The zero-order valence-electron chi connectivity index (χ0n) is 11.4. The quantitative estimate of drug-likeness (QED) is 0.910. The van der Waals surface area contributed by atoms with Gasteiger partial charge in [0, 0.05) is 23.1 Å². The van der Waals surface area contributed by atoms with Crippen molar-refractivity contribution < 1.29 is 9.90 Å². The van der Waals surface area contributed by atoms with Gasteiger partial charge in [0.1, 0.15) is 0 Å². The van der Waals surface area contributed by atoms with Crippen LogP contribution < -0.4 is 0 Å². The highest BCUT2D eigenvalue weighted by Gasteiger charge is 2.32. The molecule has 19 heavy (non-hydrogen) atoms. The van der Waals surface area contributed by atoms with E-state index < -0.39 is 11.4 Å². The molecular weight excluding hydrogens is 238 g/mol. The Labute approximate surface area is 112 Å². The van der Waals surface area contributed by atoms with Crippen molar-refractivity contribution in [2.24, 2.45) is 0 Å². The first kappa shape index (κ1) is 12.3. The predicted octanol–water partition coefficient (Wildman–Crippen LogP) is 3.73. The number of carbonyl (C=O) groups is 1. The van der Waals surface area contributed by atoms with Crippen LogP contribution in [0.15, 0.2) is 30.5 Å². The van der Waals surface area contributed by atoms with Crippen LogP contribution in [0.25, 0.3) is 10.9 Å². The van der Waals surface area contributed by atoms with Gasteiger partial charge in [0.05, 0.1) is 5.41 Å². The number of aromatic nitrogens is 1. The van der Waals surface area contributed by atoms with Gasteiger partial charge in [-0.3, -0.25) is 4.79 Å². The molecule has 0 atom stereocenters. The molecule has 0 radical (unpaired) electrons. The maximum Gasteiger partial charge on any atom is 0.313 e. The molecule has 0 saturated heterocycles. The second-order valence-electron chi connectivity index (χ2n) is 5.98. The predicted molar refractivity (Wildman–Crippen MR) is 75.5 cm³/mol. The maximum atomic E-state index is 11.5. The summed E-state index contributed by atoms with van der Waals surface area (Å²) >= 11 is 0. The molecule has 100 valence electrons. The first-order valence-electron chi connectivity index (χ1n) is 6.85. The van der Waals surface area contributed by atoms with Gasteiger partial charge >= 0.3 is 5.97 Å². The lowest BCUT2D eigenvalue weighted by Crippen LogP contribution is -2.28. The molecule has 1 aliphatic carbocycles. The number of hydrogen-bond acceptors (Lipinski definition) is 1. The first-order valence-corrected chi connectivity index (χ1v) is 6.85. The average Bonchev–Trinajstić information content (AvgIpc) is 2.70. The van der Waals surface area contributed by atoms with Crippen molar-refractivity contribution in [2.75, 3.05) is 0 Å². The zero-order valence-corrected chi connectivity index (χ0v) is 11.4.